The highest BCUT2D eigenvalue weighted by Crippen LogP contribution is 2.52. The van der Waals surface area contributed by atoms with Crippen LogP contribution in [0.3, 0.4) is 0 Å². The average molecular weight is 565 g/mol. The van der Waals surface area contributed by atoms with E-state index in [0.29, 0.717) is 16.7 Å². The summed E-state index contributed by atoms with van der Waals surface area (Å²) in [5.41, 5.74) is 9.17. The van der Waals surface area contributed by atoms with Gasteiger partial charge in [0.15, 0.2) is 34.7 Å². The molecule has 13 heteroatoms. The molecule has 2 aromatic rings. The summed E-state index contributed by atoms with van der Waals surface area (Å²) in [6.45, 7) is -0.201. The molecule has 0 spiro atoms. The molecule has 2 fully saturated rings. The van der Waals surface area contributed by atoms with E-state index < -0.39 is 75.0 Å². The number of nitro benzene ring substituents is 1. The number of nitrogens with zero attached hydrogens (tertiary/aromatic N) is 2. The fourth-order valence-corrected chi connectivity index (χ4v) is 6.93. The number of carbonyl (C=O) groups excluding carboxylic acids is 5. The standard InChI is InChI=1S/C28H28N4O9/c1-31(2)21-17-9-12-7-16-15(11-4-3-5-14(6-11)32(40)41)8-13(10-29)22(33)19(16)23(34)18(12)25(36)28(17,39)26(37)20(24(21)35)27(30)38/h3-6,8,12,17-18,20-21,33,39H,7,9-10,29H2,1-2H3,(H2,30,38)/t12-,17-,18?,20?,21-,28-/m0/s1. The summed E-state index contributed by atoms with van der Waals surface area (Å²) in [4.78, 5) is 79.0. The topological polar surface area (TPSA) is 224 Å². The van der Waals surface area contributed by atoms with Gasteiger partial charge in [0.25, 0.3) is 5.69 Å². The number of rotatable bonds is 5. The molecule has 0 aromatic heterocycles. The van der Waals surface area contributed by atoms with Gasteiger partial charge < -0.3 is 21.7 Å². The number of phenolic OH excluding ortho intramolecular Hbond substituents is 1. The van der Waals surface area contributed by atoms with Crippen molar-refractivity contribution in [2.24, 2.45) is 35.1 Å². The van der Waals surface area contributed by atoms with Crippen LogP contribution in [0.1, 0.15) is 27.9 Å². The van der Waals surface area contributed by atoms with Gasteiger partial charge >= 0.3 is 0 Å². The third-order valence-electron chi connectivity index (χ3n) is 8.73. The Labute approximate surface area is 233 Å². The third kappa shape index (κ3) is 3.91. The van der Waals surface area contributed by atoms with Crippen molar-refractivity contribution in [2.45, 2.75) is 31.0 Å². The van der Waals surface area contributed by atoms with E-state index in [0.717, 1.165) is 0 Å². The Bertz CT molecular complexity index is 1570. The zero-order chi connectivity index (χ0) is 30.1. The maximum atomic E-state index is 14.0. The summed E-state index contributed by atoms with van der Waals surface area (Å²) in [5, 5.41) is 34.2. The van der Waals surface area contributed by atoms with Crippen molar-refractivity contribution in [3.63, 3.8) is 0 Å². The van der Waals surface area contributed by atoms with Crippen LogP contribution in [0.2, 0.25) is 0 Å². The summed E-state index contributed by atoms with van der Waals surface area (Å²) in [6, 6.07) is 6.02. The van der Waals surface area contributed by atoms with Crippen LogP contribution in [-0.4, -0.2) is 74.8 Å². The first-order chi connectivity index (χ1) is 19.2. The number of nitrogens with two attached hydrogens (primary N) is 2. The van der Waals surface area contributed by atoms with Crippen LogP contribution in [0.4, 0.5) is 5.69 Å². The molecule has 2 aromatic carbocycles. The number of carbonyl (C=O) groups is 5. The van der Waals surface area contributed by atoms with E-state index in [1.807, 2.05) is 0 Å². The molecule has 2 saturated carbocycles. The Hall–Kier alpha value is -4.33. The first-order valence-electron chi connectivity index (χ1n) is 12.9. The van der Waals surface area contributed by atoms with Crippen molar-refractivity contribution in [2.75, 3.05) is 14.1 Å². The molecular formula is C28H28N4O9. The first-order valence-corrected chi connectivity index (χ1v) is 12.9. The number of benzene rings is 2. The molecule has 5 rings (SSSR count). The van der Waals surface area contributed by atoms with Crippen LogP contribution in [0.25, 0.3) is 11.1 Å². The van der Waals surface area contributed by atoms with Crippen molar-refractivity contribution in [3.05, 3.63) is 57.1 Å². The normalized spacial score (nSPS) is 29.1. The maximum absolute atomic E-state index is 14.0. The second-order valence-electron chi connectivity index (χ2n) is 11.1. The van der Waals surface area contributed by atoms with Gasteiger partial charge in [-0.15, -0.1) is 0 Å². The quantitative estimate of drug-likeness (QED) is 0.213. The molecule has 0 heterocycles. The van der Waals surface area contributed by atoms with Gasteiger partial charge in [-0.2, -0.15) is 0 Å². The highest BCUT2D eigenvalue weighted by atomic mass is 16.6. The van der Waals surface area contributed by atoms with Crippen molar-refractivity contribution < 1.29 is 39.1 Å². The monoisotopic (exact) mass is 564 g/mol. The Morgan fingerprint density at radius 1 is 1.17 bits per heavy atom. The van der Waals surface area contributed by atoms with Gasteiger partial charge in [0.2, 0.25) is 5.91 Å². The molecule has 13 nitrogen and oxygen atoms in total. The number of aromatic hydroxyl groups is 1. The van der Waals surface area contributed by atoms with Crippen LogP contribution in [0.5, 0.6) is 5.75 Å². The fourth-order valence-electron chi connectivity index (χ4n) is 6.93. The van der Waals surface area contributed by atoms with E-state index in [2.05, 4.69) is 0 Å². The minimum atomic E-state index is -2.83. The molecule has 3 aliphatic rings. The van der Waals surface area contributed by atoms with Crippen molar-refractivity contribution in [3.8, 4) is 16.9 Å². The molecule has 6 N–H and O–H groups in total. The molecule has 0 radical (unpaired) electrons. The van der Waals surface area contributed by atoms with Crippen LogP contribution >= 0.6 is 0 Å². The fraction of sp³-hybridized carbons (Fsp3) is 0.393. The van der Waals surface area contributed by atoms with E-state index >= 15 is 0 Å². The summed E-state index contributed by atoms with van der Waals surface area (Å²) in [7, 11) is 3.00. The van der Waals surface area contributed by atoms with Gasteiger partial charge in [0.05, 0.1) is 22.4 Å². The minimum Gasteiger partial charge on any atom is -0.507 e. The molecule has 41 heavy (non-hydrogen) atoms. The minimum absolute atomic E-state index is 0.0161. The lowest BCUT2D eigenvalue weighted by atomic mass is 9.52. The lowest BCUT2D eigenvalue weighted by Gasteiger charge is -2.52. The number of primary amides is 1. The molecule has 0 aliphatic heterocycles. The largest absolute Gasteiger partial charge is 0.507 e. The zero-order valence-corrected chi connectivity index (χ0v) is 22.2. The highest BCUT2D eigenvalue weighted by Gasteiger charge is 2.69. The van der Waals surface area contributed by atoms with Crippen molar-refractivity contribution >= 4 is 34.7 Å². The summed E-state index contributed by atoms with van der Waals surface area (Å²) in [6.07, 6.45) is -0.0973. The molecule has 214 valence electrons. The van der Waals surface area contributed by atoms with Gasteiger partial charge in [-0.3, -0.25) is 39.0 Å². The lowest BCUT2D eigenvalue weighted by Crippen LogP contribution is -2.74. The average Bonchev–Trinajstić information content (AvgIpc) is 2.90. The van der Waals surface area contributed by atoms with E-state index in [1.165, 1.54) is 43.3 Å². The first kappa shape index (κ1) is 28.2. The molecule has 1 amide bonds. The Morgan fingerprint density at radius 2 is 1.85 bits per heavy atom. The second kappa shape index (κ2) is 9.65. The van der Waals surface area contributed by atoms with Crippen LogP contribution in [0, 0.1) is 33.8 Å². The molecule has 0 bridgehead atoms. The van der Waals surface area contributed by atoms with Crippen molar-refractivity contribution in [1.29, 1.82) is 0 Å². The van der Waals surface area contributed by atoms with E-state index in [-0.39, 0.29) is 36.2 Å². The van der Waals surface area contributed by atoms with Gasteiger partial charge in [-0.05, 0) is 55.6 Å². The number of Topliss-reactive ketones (excluding diaryl/α,β-unsaturated/α-hetero) is 4. The number of nitro groups is 1. The highest BCUT2D eigenvalue weighted by molar-refractivity contribution is 6.32. The number of aliphatic hydroxyl groups is 1. The number of amides is 1. The second-order valence-corrected chi connectivity index (χ2v) is 11.1. The number of fused-ring (bicyclic) bond motifs is 3. The number of likely N-dealkylation sites (N-methyl/N-ethyl adjacent to an activating group) is 1. The van der Waals surface area contributed by atoms with Gasteiger partial charge in [0, 0.05) is 30.2 Å². The summed E-state index contributed by atoms with van der Waals surface area (Å²) >= 11 is 0. The van der Waals surface area contributed by atoms with E-state index in [1.54, 1.807) is 6.07 Å². The van der Waals surface area contributed by atoms with Gasteiger partial charge in [0.1, 0.15) is 5.75 Å². The predicted octanol–water partition coefficient (Wildman–Crippen LogP) is -0.0991. The molecule has 0 saturated heterocycles. The van der Waals surface area contributed by atoms with Crippen LogP contribution < -0.4 is 11.5 Å². The van der Waals surface area contributed by atoms with Crippen molar-refractivity contribution in [1.82, 2.24) is 4.90 Å². The Kier molecular flexibility index (Phi) is 6.64. The number of ketones is 4. The predicted molar refractivity (Wildman–Crippen MR) is 141 cm³/mol. The number of hydrogen-bond acceptors (Lipinski definition) is 11. The lowest BCUT2D eigenvalue weighted by molar-refractivity contribution is -0.384. The van der Waals surface area contributed by atoms with E-state index in [9.17, 15) is 44.3 Å². The van der Waals surface area contributed by atoms with Gasteiger partial charge in [-0.25, -0.2) is 0 Å². The molecule has 2 unspecified atom stereocenters. The van der Waals surface area contributed by atoms with Crippen LogP contribution in [0.15, 0.2) is 30.3 Å². The molecule has 3 aliphatic carbocycles. The smallest absolute Gasteiger partial charge is 0.270 e. The molecule has 6 atom stereocenters. The Morgan fingerprint density at radius 3 is 2.44 bits per heavy atom. The number of non-ortho nitro benzene ring substituents is 1. The summed E-state index contributed by atoms with van der Waals surface area (Å²) in [5.74, 6) is -11.6. The maximum Gasteiger partial charge on any atom is 0.270 e. The van der Waals surface area contributed by atoms with Crippen LogP contribution in [-0.2, 0) is 32.1 Å². The SMILES string of the molecule is CN(C)[C@@H]1C(=O)C(C(N)=O)C(=O)[C@@]2(O)C(=O)C3C(=O)c4c(O)c(CN)cc(-c5cccc([N+](=O)[O-])c5)c4C[C@H]3C[C@@H]12. The van der Waals surface area contributed by atoms with E-state index in [4.69, 9.17) is 11.5 Å². The number of hydrogen-bond donors (Lipinski definition) is 4. The third-order valence-corrected chi connectivity index (χ3v) is 8.73. The zero-order valence-electron chi connectivity index (χ0n) is 22.2. The number of phenols is 1. The molecular weight excluding hydrogens is 536 g/mol. The van der Waals surface area contributed by atoms with Gasteiger partial charge in [-0.1, -0.05) is 12.1 Å². The summed E-state index contributed by atoms with van der Waals surface area (Å²) < 4.78 is 0. The Balaban J connectivity index is 1.70.